The zero-order valence-electron chi connectivity index (χ0n) is 13.5. The van der Waals surface area contributed by atoms with Gasteiger partial charge in [-0.25, -0.2) is 4.39 Å². The van der Waals surface area contributed by atoms with E-state index in [2.05, 4.69) is 10.5 Å². The summed E-state index contributed by atoms with van der Waals surface area (Å²) in [7, 11) is 1.53. The van der Waals surface area contributed by atoms with E-state index in [0.29, 0.717) is 22.5 Å². The van der Waals surface area contributed by atoms with E-state index in [1.807, 2.05) is 30.3 Å². The Hall–Kier alpha value is -3.41. The summed E-state index contributed by atoms with van der Waals surface area (Å²) >= 11 is 0. The van der Waals surface area contributed by atoms with Gasteiger partial charge in [0.15, 0.2) is 5.76 Å². The second-order valence-electron chi connectivity index (χ2n) is 5.32. The number of carbonyl (C=O) groups is 1. The molecule has 126 valence electrons. The lowest BCUT2D eigenvalue weighted by Crippen LogP contribution is -2.19. The van der Waals surface area contributed by atoms with E-state index >= 15 is 0 Å². The molecule has 0 atom stereocenters. The fourth-order valence-corrected chi connectivity index (χ4v) is 2.41. The van der Waals surface area contributed by atoms with E-state index in [0.717, 1.165) is 5.56 Å². The predicted molar refractivity (Wildman–Crippen MR) is 93.8 cm³/mol. The van der Waals surface area contributed by atoms with Crippen LogP contribution in [0.1, 0.15) is 21.7 Å². The molecule has 3 aromatic rings. The Balaban J connectivity index is 2.07. The first kappa shape index (κ1) is 16.4. The van der Waals surface area contributed by atoms with Gasteiger partial charge >= 0.3 is 0 Å². The van der Waals surface area contributed by atoms with Gasteiger partial charge in [-0.2, -0.15) is 0 Å². The van der Waals surface area contributed by atoms with Gasteiger partial charge in [0.25, 0.3) is 5.91 Å². The van der Waals surface area contributed by atoms with E-state index < -0.39 is 0 Å². The van der Waals surface area contributed by atoms with Gasteiger partial charge in [0.05, 0.1) is 0 Å². The summed E-state index contributed by atoms with van der Waals surface area (Å²) in [5.74, 6) is -0.452. The lowest BCUT2D eigenvalue weighted by molar-refractivity contribution is 0.0963. The van der Waals surface area contributed by atoms with Crippen molar-refractivity contribution in [2.24, 2.45) is 5.73 Å². The molecule has 5 nitrogen and oxygen atoms in total. The number of carbonyl (C=O) groups excluding carboxylic acids is 1. The lowest BCUT2D eigenvalue weighted by Gasteiger charge is -2.03. The van der Waals surface area contributed by atoms with Gasteiger partial charge in [0.1, 0.15) is 17.1 Å². The van der Waals surface area contributed by atoms with Gasteiger partial charge in [-0.15, -0.1) is 0 Å². The van der Waals surface area contributed by atoms with Crippen LogP contribution in [0, 0.1) is 5.82 Å². The molecule has 0 saturated heterocycles. The molecule has 2 aromatic carbocycles. The summed E-state index contributed by atoms with van der Waals surface area (Å²) < 4.78 is 18.4. The minimum Gasteiger partial charge on any atom is -0.398 e. The first-order valence-corrected chi connectivity index (χ1v) is 7.60. The number of benzene rings is 2. The van der Waals surface area contributed by atoms with Crippen molar-refractivity contribution in [1.29, 1.82) is 0 Å². The lowest BCUT2D eigenvalue weighted by atomic mass is 10.0. The van der Waals surface area contributed by atoms with E-state index in [1.165, 1.54) is 25.3 Å². The molecule has 0 radical (unpaired) electrons. The maximum atomic E-state index is 13.0. The van der Waals surface area contributed by atoms with Gasteiger partial charge in [0.2, 0.25) is 0 Å². The number of amides is 1. The number of nitrogens with zero attached hydrogens (tertiary/aromatic N) is 1. The summed E-state index contributed by atoms with van der Waals surface area (Å²) in [4.78, 5) is 12.3. The Morgan fingerprint density at radius 1 is 1.16 bits per heavy atom. The van der Waals surface area contributed by atoms with Crippen molar-refractivity contribution in [3.05, 3.63) is 77.3 Å². The Kier molecular flexibility index (Phi) is 4.61. The molecule has 0 aliphatic rings. The van der Waals surface area contributed by atoms with Crippen LogP contribution >= 0.6 is 0 Å². The van der Waals surface area contributed by atoms with Gasteiger partial charge in [-0.1, -0.05) is 47.6 Å². The topological polar surface area (TPSA) is 81.2 Å². The summed E-state index contributed by atoms with van der Waals surface area (Å²) in [5.41, 5.74) is 8.48. The number of rotatable bonds is 4. The van der Waals surface area contributed by atoms with Gasteiger partial charge in [-0.3, -0.25) is 4.79 Å². The molecule has 1 heterocycles. The summed E-state index contributed by atoms with van der Waals surface area (Å²) in [6, 6.07) is 15.0. The highest BCUT2D eigenvalue weighted by atomic mass is 19.1. The molecule has 1 amide bonds. The molecule has 3 N–H and O–H groups in total. The Bertz CT molecular complexity index is 916. The zero-order valence-corrected chi connectivity index (χ0v) is 13.5. The van der Waals surface area contributed by atoms with Crippen LogP contribution in [-0.2, 0) is 0 Å². The molecular weight excluding hydrogens is 321 g/mol. The van der Waals surface area contributed by atoms with Crippen LogP contribution in [0.15, 0.2) is 59.1 Å². The second-order valence-corrected chi connectivity index (χ2v) is 5.32. The molecule has 0 unspecified atom stereocenters. The Morgan fingerprint density at radius 2 is 1.84 bits per heavy atom. The predicted octanol–water partition coefficient (Wildman–Crippen LogP) is 3.30. The van der Waals surface area contributed by atoms with Crippen molar-refractivity contribution in [2.45, 2.75) is 0 Å². The highest BCUT2D eigenvalue weighted by Gasteiger charge is 2.22. The average Bonchev–Trinajstić information content (AvgIpc) is 3.05. The zero-order chi connectivity index (χ0) is 17.8. The van der Waals surface area contributed by atoms with Crippen LogP contribution in [0.3, 0.4) is 0 Å². The van der Waals surface area contributed by atoms with Crippen LogP contribution < -0.4 is 11.1 Å². The highest BCUT2D eigenvalue weighted by Crippen LogP contribution is 2.27. The van der Waals surface area contributed by atoms with E-state index in [-0.39, 0.29) is 17.5 Å². The highest BCUT2D eigenvalue weighted by molar-refractivity contribution is 6.03. The monoisotopic (exact) mass is 337 g/mol. The fraction of sp³-hybridized carbons (Fsp3) is 0.0526. The summed E-state index contributed by atoms with van der Waals surface area (Å²) in [6.45, 7) is 0. The minimum atomic E-state index is -0.353. The van der Waals surface area contributed by atoms with Crippen LogP contribution in [0.25, 0.3) is 23.0 Å². The first-order valence-electron chi connectivity index (χ1n) is 7.60. The normalized spacial score (nSPS) is 11.4. The van der Waals surface area contributed by atoms with Crippen molar-refractivity contribution < 1.29 is 13.7 Å². The van der Waals surface area contributed by atoms with Crippen molar-refractivity contribution in [1.82, 2.24) is 10.5 Å². The largest absolute Gasteiger partial charge is 0.398 e. The van der Waals surface area contributed by atoms with Crippen LogP contribution in [0.5, 0.6) is 0 Å². The maximum Gasteiger partial charge on any atom is 0.257 e. The SMILES string of the molecule is CNC(=O)c1c(-c2ccccc2)noc1C=C(N)c1ccc(F)cc1. The smallest absolute Gasteiger partial charge is 0.257 e. The average molecular weight is 337 g/mol. The number of nitrogens with one attached hydrogen (secondary N) is 1. The van der Waals surface area contributed by atoms with Crippen molar-refractivity contribution >= 4 is 17.7 Å². The number of hydrogen-bond acceptors (Lipinski definition) is 4. The fourth-order valence-electron chi connectivity index (χ4n) is 2.41. The van der Waals surface area contributed by atoms with Crippen LogP contribution in [0.4, 0.5) is 4.39 Å². The standard InChI is InChI=1S/C19H16FN3O2/c1-22-19(24)17-16(11-15(21)12-7-9-14(20)10-8-12)25-23-18(17)13-5-3-2-4-6-13/h2-11H,21H2,1H3,(H,22,24). The van der Waals surface area contributed by atoms with Crippen molar-refractivity contribution in [3.8, 4) is 11.3 Å². The first-order chi connectivity index (χ1) is 12.1. The second kappa shape index (κ2) is 7.00. The quantitative estimate of drug-likeness (QED) is 0.765. The number of halogens is 1. The van der Waals surface area contributed by atoms with Gasteiger partial charge in [0, 0.05) is 24.4 Å². The third-order valence-electron chi connectivity index (χ3n) is 3.68. The minimum absolute atomic E-state index is 0.236. The molecule has 0 spiro atoms. The van der Waals surface area contributed by atoms with Crippen LogP contribution in [0.2, 0.25) is 0 Å². The maximum absolute atomic E-state index is 13.0. The summed E-state index contributed by atoms with van der Waals surface area (Å²) in [5, 5.41) is 6.60. The number of hydrogen-bond donors (Lipinski definition) is 2. The van der Waals surface area contributed by atoms with Crippen LogP contribution in [-0.4, -0.2) is 18.1 Å². The molecule has 0 aliphatic heterocycles. The number of aromatic nitrogens is 1. The van der Waals surface area contributed by atoms with Gasteiger partial charge in [-0.05, 0) is 17.7 Å². The Morgan fingerprint density at radius 3 is 2.48 bits per heavy atom. The van der Waals surface area contributed by atoms with Crippen molar-refractivity contribution in [3.63, 3.8) is 0 Å². The molecule has 0 aliphatic carbocycles. The molecule has 0 saturated carbocycles. The van der Waals surface area contributed by atoms with Gasteiger partial charge < -0.3 is 15.6 Å². The number of nitrogens with two attached hydrogens (primary N) is 1. The molecule has 1 aromatic heterocycles. The molecule has 25 heavy (non-hydrogen) atoms. The van der Waals surface area contributed by atoms with E-state index in [9.17, 15) is 9.18 Å². The molecule has 0 fully saturated rings. The third-order valence-corrected chi connectivity index (χ3v) is 3.68. The van der Waals surface area contributed by atoms with E-state index in [1.54, 1.807) is 12.1 Å². The molecular formula is C19H16FN3O2. The molecule has 6 heteroatoms. The summed E-state index contributed by atoms with van der Waals surface area (Å²) in [6.07, 6.45) is 1.51. The van der Waals surface area contributed by atoms with Crippen molar-refractivity contribution in [2.75, 3.05) is 7.05 Å². The molecule has 3 rings (SSSR count). The Labute approximate surface area is 143 Å². The third kappa shape index (κ3) is 3.42. The molecule has 0 bridgehead atoms. The van der Waals surface area contributed by atoms with E-state index in [4.69, 9.17) is 10.3 Å².